The molecular weight excluding hydrogens is 240 g/mol. The third-order valence-corrected chi connectivity index (χ3v) is 3.47. The van der Waals surface area contributed by atoms with Gasteiger partial charge in [-0.15, -0.1) is 0 Å². The lowest BCUT2D eigenvalue weighted by Crippen LogP contribution is -1.94. The third-order valence-electron chi connectivity index (χ3n) is 3.01. The van der Waals surface area contributed by atoms with Gasteiger partial charge in [-0.3, -0.25) is 0 Å². The summed E-state index contributed by atoms with van der Waals surface area (Å²) in [6.45, 7) is 0. The summed E-state index contributed by atoms with van der Waals surface area (Å²) in [5, 5.41) is 1.09. The van der Waals surface area contributed by atoms with Crippen molar-refractivity contribution in [2.75, 3.05) is 12.4 Å². The fraction of sp³-hybridized carbons (Fsp3) is 0.500. The molecule has 0 fully saturated rings. The molecule has 0 saturated heterocycles. The van der Waals surface area contributed by atoms with Gasteiger partial charge in [0, 0.05) is 5.33 Å². The van der Waals surface area contributed by atoms with E-state index in [4.69, 9.17) is 4.74 Å². The van der Waals surface area contributed by atoms with Crippen molar-refractivity contribution < 1.29 is 4.74 Å². The Bertz CT molecular complexity index is 320. The highest BCUT2D eigenvalue weighted by Gasteiger charge is 2.21. The van der Waals surface area contributed by atoms with Crippen LogP contribution in [0.3, 0.4) is 0 Å². The first-order valence-corrected chi connectivity index (χ1v) is 6.20. The van der Waals surface area contributed by atoms with Crippen molar-refractivity contribution in [3.8, 4) is 5.75 Å². The van der Waals surface area contributed by atoms with Crippen LogP contribution < -0.4 is 4.74 Å². The van der Waals surface area contributed by atoms with Crippen LogP contribution in [0, 0.1) is 0 Å². The van der Waals surface area contributed by atoms with Crippen molar-refractivity contribution in [1.29, 1.82) is 0 Å². The molecule has 0 radical (unpaired) electrons. The van der Waals surface area contributed by atoms with Gasteiger partial charge in [0.15, 0.2) is 0 Å². The van der Waals surface area contributed by atoms with Crippen LogP contribution in [0.1, 0.15) is 29.9 Å². The Morgan fingerprint density at radius 3 is 3.07 bits per heavy atom. The number of fused-ring (bicyclic) bond motifs is 1. The van der Waals surface area contributed by atoms with Crippen LogP contribution in [0.15, 0.2) is 18.2 Å². The number of ether oxygens (including phenoxy) is 1. The quantitative estimate of drug-likeness (QED) is 0.751. The number of rotatable bonds is 3. The van der Waals surface area contributed by atoms with Crippen molar-refractivity contribution in [3.63, 3.8) is 0 Å². The fourth-order valence-electron chi connectivity index (χ4n) is 2.22. The number of alkyl halides is 1. The summed E-state index contributed by atoms with van der Waals surface area (Å²) in [6, 6.07) is 6.48. The lowest BCUT2D eigenvalue weighted by molar-refractivity contribution is 0.414. The highest BCUT2D eigenvalue weighted by molar-refractivity contribution is 9.09. The Morgan fingerprint density at radius 2 is 2.36 bits per heavy atom. The second kappa shape index (κ2) is 4.35. The van der Waals surface area contributed by atoms with E-state index in [-0.39, 0.29) is 0 Å². The van der Waals surface area contributed by atoms with Crippen LogP contribution in [-0.4, -0.2) is 12.4 Å². The zero-order chi connectivity index (χ0) is 9.97. The van der Waals surface area contributed by atoms with Crippen molar-refractivity contribution in [2.45, 2.75) is 25.2 Å². The molecule has 1 aliphatic carbocycles. The van der Waals surface area contributed by atoms with E-state index in [1.54, 1.807) is 7.11 Å². The molecule has 0 saturated carbocycles. The van der Waals surface area contributed by atoms with E-state index in [1.165, 1.54) is 30.4 Å². The van der Waals surface area contributed by atoms with Gasteiger partial charge in [0.25, 0.3) is 0 Å². The minimum Gasteiger partial charge on any atom is -0.497 e. The average molecular weight is 255 g/mol. The zero-order valence-corrected chi connectivity index (χ0v) is 10.0. The van der Waals surface area contributed by atoms with Crippen LogP contribution in [0.25, 0.3) is 0 Å². The molecule has 14 heavy (non-hydrogen) atoms. The largest absolute Gasteiger partial charge is 0.497 e. The predicted octanol–water partition coefficient (Wildman–Crippen LogP) is 3.51. The standard InChI is InChI=1S/C12H15BrO/c1-14-11-5-4-9-2-3-10(6-7-13)12(9)8-11/h4-5,8,10H,2-3,6-7H2,1H3. The summed E-state index contributed by atoms with van der Waals surface area (Å²) in [4.78, 5) is 0. The number of hydrogen-bond acceptors (Lipinski definition) is 1. The van der Waals surface area contributed by atoms with Gasteiger partial charge < -0.3 is 4.74 Å². The molecule has 1 unspecified atom stereocenters. The van der Waals surface area contributed by atoms with Gasteiger partial charge in [-0.25, -0.2) is 0 Å². The molecule has 0 N–H and O–H groups in total. The van der Waals surface area contributed by atoms with E-state index in [9.17, 15) is 0 Å². The van der Waals surface area contributed by atoms with Gasteiger partial charge in [-0.05, 0) is 48.4 Å². The minimum atomic E-state index is 0.736. The Balaban J connectivity index is 2.27. The van der Waals surface area contributed by atoms with Crippen LogP contribution in [0.5, 0.6) is 5.75 Å². The average Bonchev–Trinajstić information content (AvgIpc) is 2.61. The molecule has 1 nitrogen and oxygen atoms in total. The molecule has 0 bridgehead atoms. The number of hydrogen-bond donors (Lipinski definition) is 0. The zero-order valence-electron chi connectivity index (χ0n) is 8.42. The first-order valence-electron chi connectivity index (χ1n) is 5.08. The van der Waals surface area contributed by atoms with E-state index in [1.807, 2.05) is 0 Å². The monoisotopic (exact) mass is 254 g/mol. The topological polar surface area (TPSA) is 9.23 Å². The maximum Gasteiger partial charge on any atom is 0.119 e. The van der Waals surface area contributed by atoms with E-state index in [0.29, 0.717) is 0 Å². The summed E-state index contributed by atoms with van der Waals surface area (Å²) in [5.74, 6) is 1.73. The lowest BCUT2D eigenvalue weighted by Gasteiger charge is -2.10. The fourth-order valence-corrected chi connectivity index (χ4v) is 2.78. The van der Waals surface area contributed by atoms with Crippen molar-refractivity contribution in [1.82, 2.24) is 0 Å². The van der Waals surface area contributed by atoms with Gasteiger partial charge in [0.1, 0.15) is 5.75 Å². The molecule has 0 amide bonds. The molecule has 2 rings (SSSR count). The lowest BCUT2D eigenvalue weighted by atomic mass is 9.99. The van der Waals surface area contributed by atoms with E-state index >= 15 is 0 Å². The van der Waals surface area contributed by atoms with Gasteiger partial charge in [-0.2, -0.15) is 0 Å². The van der Waals surface area contributed by atoms with Crippen molar-refractivity contribution >= 4 is 15.9 Å². The molecule has 1 aromatic carbocycles. The van der Waals surface area contributed by atoms with Gasteiger partial charge in [0.05, 0.1) is 7.11 Å². The molecule has 76 valence electrons. The summed E-state index contributed by atoms with van der Waals surface area (Å²) in [5.41, 5.74) is 3.01. The molecule has 2 heteroatoms. The predicted molar refractivity (Wildman–Crippen MR) is 62.5 cm³/mol. The molecule has 1 atom stereocenters. The SMILES string of the molecule is COc1ccc2c(c1)C(CCBr)CC2. The van der Waals surface area contributed by atoms with Crippen molar-refractivity contribution in [2.24, 2.45) is 0 Å². The molecule has 1 aliphatic rings. The summed E-state index contributed by atoms with van der Waals surface area (Å²) < 4.78 is 5.25. The maximum atomic E-state index is 5.25. The van der Waals surface area contributed by atoms with Crippen LogP contribution in [-0.2, 0) is 6.42 Å². The molecule has 1 aromatic rings. The van der Waals surface area contributed by atoms with Gasteiger partial charge >= 0.3 is 0 Å². The second-order valence-corrected chi connectivity index (χ2v) is 4.57. The molecule has 0 aliphatic heterocycles. The Hall–Kier alpha value is -0.500. The Labute approximate surface area is 93.6 Å². The highest BCUT2D eigenvalue weighted by atomic mass is 79.9. The van der Waals surface area contributed by atoms with E-state index < -0.39 is 0 Å². The molecular formula is C12H15BrO. The first kappa shape index (κ1) is 10.0. The molecule has 0 aromatic heterocycles. The van der Waals surface area contributed by atoms with E-state index in [0.717, 1.165) is 17.0 Å². The number of methoxy groups -OCH3 is 1. The van der Waals surface area contributed by atoms with Gasteiger partial charge in [0.2, 0.25) is 0 Å². The Kier molecular flexibility index (Phi) is 3.12. The van der Waals surface area contributed by atoms with Crippen molar-refractivity contribution in [3.05, 3.63) is 29.3 Å². The number of benzene rings is 1. The normalized spacial score (nSPS) is 19.4. The minimum absolute atomic E-state index is 0.736. The maximum absolute atomic E-state index is 5.25. The smallest absolute Gasteiger partial charge is 0.119 e. The summed E-state index contributed by atoms with van der Waals surface area (Å²) in [6.07, 6.45) is 3.77. The number of halogens is 1. The summed E-state index contributed by atoms with van der Waals surface area (Å²) >= 11 is 3.52. The first-order chi connectivity index (χ1) is 6.85. The summed E-state index contributed by atoms with van der Waals surface area (Å²) in [7, 11) is 1.73. The number of aryl methyl sites for hydroxylation is 1. The van der Waals surface area contributed by atoms with Gasteiger partial charge in [-0.1, -0.05) is 22.0 Å². The Morgan fingerprint density at radius 1 is 1.50 bits per heavy atom. The van der Waals surface area contributed by atoms with Crippen LogP contribution >= 0.6 is 15.9 Å². The highest BCUT2D eigenvalue weighted by Crippen LogP contribution is 2.37. The molecule has 0 spiro atoms. The third kappa shape index (κ3) is 1.81. The van der Waals surface area contributed by atoms with Crippen LogP contribution in [0.4, 0.5) is 0 Å². The second-order valence-electron chi connectivity index (χ2n) is 3.78. The van der Waals surface area contributed by atoms with E-state index in [2.05, 4.69) is 34.1 Å². The molecule has 0 heterocycles. The van der Waals surface area contributed by atoms with Crippen LogP contribution in [0.2, 0.25) is 0 Å².